The second-order valence-corrected chi connectivity index (χ2v) is 3.13. The van der Waals surface area contributed by atoms with Gasteiger partial charge in [0.25, 0.3) is 0 Å². The van der Waals surface area contributed by atoms with Gasteiger partial charge in [0.1, 0.15) is 6.10 Å². The van der Waals surface area contributed by atoms with Gasteiger partial charge in [-0.2, -0.15) is 0 Å². The minimum atomic E-state index is -0.238. The first-order chi connectivity index (χ1) is 5.61. The molecule has 12 heavy (non-hydrogen) atoms. The molecule has 0 aliphatic rings. The maximum Gasteiger partial charge on any atom is 0.330 e. The minimum Gasteiger partial charge on any atom is -0.459 e. The Morgan fingerprint density at radius 1 is 1.50 bits per heavy atom. The zero-order chi connectivity index (χ0) is 9.56. The Labute approximate surface area is 74.6 Å². The molecular formula is C10H18O2. The molecule has 0 aliphatic carbocycles. The molecule has 0 aliphatic heterocycles. The summed E-state index contributed by atoms with van der Waals surface area (Å²) in [5.74, 6) is 0.155. The third-order valence-electron chi connectivity index (χ3n) is 1.72. The smallest absolute Gasteiger partial charge is 0.330 e. The number of ether oxygens (including phenoxy) is 1. The molecule has 0 bridgehead atoms. The highest BCUT2D eigenvalue weighted by molar-refractivity contribution is 5.81. The van der Waals surface area contributed by atoms with Crippen molar-refractivity contribution in [2.45, 2.75) is 40.2 Å². The fraction of sp³-hybridized carbons (Fsp3) is 0.700. The predicted octanol–water partition coefficient (Wildman–Crippen LogP) is 2.54. The van der Waals surface area contributed by atoms with E-state index in [1.807, 2.05) is 6.92 Å². The molecule has 0 saturated heterocycles. The van der Waals surface area contributed by atoms with Crippen LogP contribution in [-0.4, -0.2) is 12.1 Å². The zero-order valence-electron chi connectivity index (χ0n) is 8.33. The molecule has 1 unspecified atom stereocenters. The molecule has 0 rings (SSSR count). The molecule has 0 aromatic rings. The van der Waals surface area contributed by atoms with Gasteiger partial charge in [-0.05, 0) is 19.3 Å². The van der Waals surface area contributed by atoms with Crippen molar-refractivity contribution in [1.29, 1.82) is 0 Å². The number of hydrogen-bond donors (Lipinski definition) is 0. The summed E-state index contributed by atoms with van der Waals surface area (Å²) in [4.78, 5) is 11.0. The average Bonchev–Trinajstić information content (AvgIpc) is 2.00. The molecular weight excluding hydrogens is 152 g/mol. The van der Waals surface area contributed by atoms with E-state index in [0.29, 0.717) is 5.92 Å². The fourth-order valence-corrected chi connectivity index (χ4v) is 1.02. The number of hydrogen-bond acceptors (Lipinski definition) is 2. The van der Waals surface area contributed by atoms with Crippen LogP contribution in [0.4, 0.5) is 0 Å². The van der Waals surface area contributed by atoms with E-state index in [0.717, 1.165) is 6.42 Å². The van der Waals surface area contributed by atoms with Crippen molar-refractivity contribution in [3.8, 4) is 0 Å². The Kier molecular flexibility index (Phi) is 5.43. The average molecular weight is 170 g/mol. The fourth-order valence-electron chi connectivity index (χ4n) is 1.02. The van der Waals surface area contributed by atoms with Crippen LogP contribution in [0.1, 0.15) is 34.1 Å². The van der Waals surface area contributed by atoms with E-state index < -0.39 is 0 Å². The van der Waals surface area contributed by atoms with E-state index in [2.05, 4.69) is 13.8 Å². The number of carbonyl (C=O) groups excluding carboxylic acids is 1. The van der Waals surface area contributed by atoms with Crippen LogP contribution in [0.25, 0.3) is 0 Å². The summed E-state index contributed by atoms with van der Waals surface area (Å²) in [7, 11) is 0. The lowest BCUT2D eigenvalue weighted by Crippen LogP contribution is -2.21. The van der Waals surface area contributed by atoms with E-state index in [9.17, 15) is 4.79 Å². The highest BCUT2D eigenvalue weighted by Crippen LogP contribution is 2.10. The Bertz CT molecular complexity index is 159. The normalized spacial score (nSPS) is 13.8. The van der Waals surface area contributed by atoms with Crippen LogP contribution in [0.15, 0.2) is 12.2 Å². The van der Waals surface area contributed by atoms with Crippen LogP contribution in [-0.2, 0) is 9.53 Å². The van der Waals surface area contributed by atoms with Crippen molar-refractivity contribution in [2.24, 2.45) is 5.92 Å². The Balaban J connectivity index is 3.94. The molecule has 2 heteroatoms. The zero-order valence-corrected chi connectivity index (χ0v) is 8.33. The van der Waals surface area contributed by atoms with Crippen LogP contribution in [0.5, 0.6) is 0 Å². The van der Waals surface area contributed by atoms with Crippen molar-refractivity contribution in [3.05, 3.63) is 12.2 Å². The van der Waals surface area contributed by atoms with Crippen LogP contribution in [0.2, 0.25) is 0 Å². The van der Waals surface area contributed by atoms with Gasteiger partial charge in [-0.3, -0.25) is 0 Å². The number of allylic oxidation sites excluding steroid dienone is 1. The van der Waals surface area contributed by atoms with Crippen molar-refractivity contribution in [2.75, 3.05) is 0 Å². The Morgan fingerprint density at radius 3 is 2.42 bits per heavy atom. The minimum absolute atomic E-state index is 0.0497. The van der Waals surface area contributed by atoms with Gasteiger partial charge in [-0.1, -0.05) is 26.8 Å². The molecule has 1 atom stereocenters. The second-order valence-electron chi connectivity index (χ2n) is 3.13. The molecule has 2 nitrogen and oxygen atoms in total. The molecule has 0 heterocycles. The van der Waals surface area contributed by atoms with Gasteiger partial charge in [0.05, 0.1) is 0 Å². The van der Waals surface area contributed by atoms with Crippen LogP contribution in [0.3, 0.4) is 0 Å². The number of esters is 1. The maximum absolute atomic E-state index is 11.0. The van der Waals surface area contributed by atoms with E-state index in [4.69, 9.17) is 4.74 Å². The van der Waals surface area contributed by atoms with E-state index in [1.165, 1.54) is 6.08 Å². The first-order valence-electron chi connectivity index (χ1n) is 4.45. The number of carbonyl (C=O) groups is 1. The summed E-state index contributed by atoms with van der Waals surface area (Å²) in [6, 6.07) is 0. The van der Waals surface area contributed by atoms with Crippen molar-refractivity contribution >= 4 is 5.97 Å². The van der Waals surface area contributed by atoms with Gasteiger partial charge in [0, 0.05) is 6.08 Å². The lowest BCUT2D eigenvalue weighted by molar-refractivity contribution is -0.145. The molecule has 70 valence electrons. The SMILES string of the molecule is CC=CC(=O)OC(CC)C(C)C. The lowest BCUT2D eigenvalue weighted by Gasteiger charge is -2.18. The molecule has 0 amide bonds. The van der Waals surface area contributed by atoms with Gasteiger partial charge < -0.3 is 4.74 Å². The van der Waals surface area contributed by atoms with Gasteiger partial charge >= 0.3 is 5.97 Å². The van der Waals surface area contributed by atoms with Crippen molar-refractivity contribution in [1.82, 2.24) is 0 Å². The first-order valence-corrected chi connectivity index (χ1v) is 4.45. The summed E-state index contributed by atoms with van der Waals surface area (Å²) in [5.41, 5.74) is 0. The quantitative estimate of drug-likeness (QED) is 0.478. The second kappa shape index (κ2) is 5.81. The Morgan fingerprint density at radius 2 is 2.08 bits per heavy atom. The summed E-state index contributed by atoms with van der Waals surface area (Å²) < 4.78 is 5.18. The van der Waals surface area contributed by atoms with E-state index >= 15 is 0 Å². The lowest BCUT2D eigenvalue weighted by atomic mass is 10.1. The molecule has 0 fully saturated rings. The largest absolute Gasteiger partial charge is 0.459 e. The van der Waals surface area contributed by atoms with Gasteiger partial charge in [0.2, 0.25) is 0 Å². The van der Waals surface area contributed by atoms with Crippen LogP contribution < -0.4 is 0 Å². The van der Waals surface area contributed by atoms with Gasteiger partial charge in [-0.15, -0.1) is 0 Å². The van der Waals surface area contributed by atoms with Crippen LogP contribution in [0, 0.1) is 5.92 Å². The highest BCUT2D eigenvalue weighted by atomic mass is 16.5. The molecule has 0 N–H and O–H groups in total. The summed E-state index contributed by atoms with van der Waals surface area (Å²) in [6.45, 7) is 7.93. The molecule has 0 saturated carbocycles. The summed E-state index contributed by atoms with van der Waals surface area (Å²) in [6.07, 6.45) is 4.06. The Hall–Kier alpha value is -0.790. The molecule has 0 radical (unpaired) electrons. The highest BCUT2D eigenvalue weighted by Gasteiger charge is 2.13. The third-order valence-corrected chi connectivity index (χ3v) is 1.72. The van der Waals surface area contributed by atoms with Gasteiger partial charge in [-0.25, -0.2) is 4.79 Å². The number of rotatable bonds is 4. The van der Waals surface area contributed by atoms with Crippen molar-refractivity contribution < 1.29 is 9.53 Å². The summed E-state index contributed by atoms with van der Waals surface area (Å²) in [5, 5.41) is 0. The topological polar surface area (TPSA) is 26.3 Å². The molecule has 0 spiro atoms. The van der Waals surface area contributed by atoms with E-state index in [-0.39, 0.29) is 12.1 Å². The predicted molar refractivity (Wildman–Crippen MR) is 49.8 cm³/mol. The molecule has 0 aromatic heterocycles. The monoisotopic (exact) mass is 170 g/mol. The third kappa shape index (κ3) is 4.16. The van der Waals surface area contributed by atoms with Gasteiger partial charge in [0.15, 0.2) is 0 Å². The van der Waals surface area contributed by atoms with Crippen molar-refractivity contribution in [3.63, 3.8) is 0 Å². The molecule has 0 aromatic carbocycles. The first kappa shape index (κ1) is 11.2. The van der Waals surface area contributed by atoms with Crippen LogP contribution >= 0.6 is 0 Å². The maximum atomic E-state index is 11.0. The summed E-state index contributed by atoms with van der Waals surface area (Å²) >= 11 is 0. The standard InChI is InChI=1S/C10H18O2/c1-5-7-10(11)12-9(6-2)8(3)4/h5,7-9H,6H2,1-4H3. The van der Waals surface area contributed by atoms with E-state index in [1.54, 1.807) is 13.0 Å².